The first-order valence-corrected chi connectivity index (χ1v) is 7.62. The van der Waals surface area contributed by atoms with Crippen LogP contribution < -0.4 is 4.74 Å². The molecule has 1 atom stereocenters. The number of rotatable bonds is 5. The highest BCUT2D eigenvalue weighted by Gasteiger charge is 2.35. The van der Waals surface area contributed by atoms with Gasteiger partial charge in [-0.3, -0.25) is 4.79 Å². The van der Waals surface area contributed by atoms with Gasteiger partial charge in [0.2, 0.25) is 0 Å². The number of carbonyl (C=O) groups excluding carboxylic acids is 1. The number of esters is 1. The fourth-order valence-electron chi connectivity index (χ4n) is 2.84. The second-order valence-corrected chi connectivity index (χ2v) is 5.65. The molecule has 0 amide bonds. The van der Waals surface area contributed by atoms with Crippen molar-refractivity contribution in [2.24, 2.45) is 0 Å². The topological polar surface area (TPSA) is 55.8 Å². The lowest BCUT2D eigenvalue weighted by atomic mass is 9.82. The van der Waals surface area contributed by atoms with Gasteiger partial charge in [0.25, 0.3) is 0 Å². The Morgan fingerprint density at radius 1 is 1.32 bits per heavy atom. The summed E-state index contributed by atoms with van der Waals surface area (Å²) in [6.45, 7) is -0.498. The van der Waals surface area contributed by atoms with Crippen molar-refractivity contribution in [2.75, 3.05) is 20.8 Å². The molecule has 4 nitrogen and oxygen atoms in total. The van der Waals surface area contributed by atoms with Crippen LogP contribution in [0.3, 0.4) is 0 Å². The van der Waals surface area contributed by atoms with Gasteiger partial charge in [-0.1, -0.05) is 18.2 Å². The predicted molar refractivity (Wildman–Crippen MR) is 85.4 cm³/mol. The monoisotopic (exact) mass is 356 g/mol. The van der Waals surface area contributed by atoms with Gasteiger partial charge in [0.15, 0.2) is 0 Å². The van der Waals surface area contributed by atoms with Crippen LogP contribution in [0.1, 0.15) is 23.5 Å². The van der Waals surface area contributed by atoms with E-state index in [9.17, 15) is 23.1 Å². The Balaban J connectivity index is 2.40. The minimum absolute atomic E-state index is 0.0437. The normalized spacial score (nSPS) is 17.6. The van der Waals surface area contributed by atoms with Crippen LogP contribution in [-0.4, -0.2) is 38.1 Å². The van der Waals surface area contributed by atoms with E-state index in [1.54, 1.807) is 18.2 Å². The van der Waals surface area contributed by atoms with Crippen molar-refractivity contribution in [3.05, 3.63) is 52.6 Å². The first-order valence-electron chi connectivity index (χ1n) is 7.62. The number of hydrogen-bond acceptors (Lipinski definition) is 4. The van der Waals surface area contributed by atoms with Crippen LogP contribution in [0.5, 0.6) is 5.75 Å². The zero-order valence-corrected chi connectivity index (χ0v) is 13.9. The first kappa shape index (κ1) is 19.1. The molecular formula is C18H19F3O4. The number of halogens is 3. The minimum Gasteiger partial charge on any atom is -0.496 e. The van der Waals surface area contributed by atoms with E-state index >= 15 is 0 Å². The molecule has 1 unspecified atom stereocenters. The summed E-state index contributed by atoms with van der Waals surface area (Å²) in [6.07, 6.45) is -2.25. The number of alkyl halides is 3. The molecular weight excluding hydrogens is 337 g/mol. The number of ether oxygens (including phenoxy) is 2. The Hall–Kier alpha value is -2.28. The van der Waals surface area contributed by atoms with Gasteiger partial charge in [-0.2, -0.15) is 13.2 Å². The lowest BCUT2D eigenvalue weighted by Crippen LogP contribution is -2.18. The van der Waals surface area contributed by atoms with Crippen molar-refractivity contribution in [3.8, 4) is 5.75 Å². The molecule has 1 aromatic rings. The molecule has 1 aliphatic rings. The number of carbonyl (C=O) groups is 1. The number of methoxy groups -OCH3 is 2. The standard InChI is InChI=1S/C18H19F3O4/c1-24-16-6-3-11(8-17(23)25-2)7-15(16)14-5-4-13(18(19,20)21)9-12(14)10-22/h3-4,6-7,9,14,22H,5,8,10H2,1-2H3. The van der Waals surface area contributed by atoms with Gasteiger partial charge in [0.1, 0.15) is 5.75 Å². The lowest BCUT2D eigenvalue weighted by molar-refractivity contribution is -0.139. The highest BCUT2D eigenvalue weighted by atomic mass is 19.4. The summed E-state index contributed by atoms with van der Waals surface area (Å²) in [5.74, 6) is -0.387. The van der Waals surface area contributed by atoms with Crippen molar-refractivity contribution in [1.29, 1.82) is 0 Å². The molecule has 0 radical (unpaired) electrons. The Kier molecular flexibility index (Phi) is 5.89. The summed E-state index contributed by atoms with van der Waals surface area (Å²) in [6, 6.07) is 5.06. The van der Waals surface area contributed by atoms with Crippen molar-refractivity contribution in [1.82, 2.24) is 0 Å². The quantitative estimate of drug-likeness (QED) is 0.823. The zero-order valence-electron chi connectivity index (χ0n) is 13.9. The molecule has 0 spiro atoms. The average Bonchev–Trinajstić information content (AvgIpc) is 2.60. The summed E-state index contributed by atoms with van der Waals surface area (Å²) < 4.78 is 48.6. The molecule has 0 fully saturated rings. The molecule has 25 heavy (non-hydrogen) atoms. The van der Waals surface area contributed by atoms with Gasteiger partial charge in [-0.15, -0.1) is 0 Å². The van der Waals surface area contributed by atoms with Crippen molar-refractivity contribution < 1.29 is 32.5 Å². The van der Waals surface area contributed by atoms with Gasteiger partial charge < -0.3 is 14.6 Å². The van der Waals surface area contributed by atoms with E-state index in [-0.39, 0.29) is 18.4 Å². The van der Waals surface area contributed by atoms with Crippen LogP contribution in [0.4, 0.5) is 13.2 Å². The van der Waals surface area contributed by atoms with Crippen LogP contribution >= 0.6 is 0 Å². The largest absolute Gasteiger partial charge is 0.496 e. The average molecular weight is 356 g/mol. The summed E-state index contributed by atoms with van der Waals surface area (Å²) in [5.41, 5.74) is 0.771. The molecule has 1 aromatic carbocycles. The molecule has 0 bridgehead atoms. The Morgan fingerprint density at radius 3 is 2.60 bits per heavy atom. The van der Waals surface area contributed by atoms with E-state index in [2.05, 4.69) is 4.74 Å². The fraction of sp³-hybridized carbons (Fsp3) is 0.389. The van der Waals surface area contributed by atoms with Crippen LogP contribution in [0, 0.1) is 0 Å². The zero-order chi connectivity index (χ0) is 18.6. The van der Waals surface area contributed by atoms with Gasteiger partial charge in [-0.05, 0) is 29.7 Å². The van der Waals surface area contributed by atoms with Crippen molar-refractivity contribution in [3.63, 3.8) is 0 Å². The fourth-order valence-corrected chi connectivity index (χ4v) is 2.84. The molecule has 0 aliphatic heterocycles. The van der Waals surface area contributed by atoms with E-state index in [1.807, 2.05) is 0 Å². The van der Waals surface area contributed by atoms with E-state index in [1.165, 1.54) is 14.2 Å². The summed E-state index contributed by atoms with van der Waals surface area (Å²) >= 11 is 0. The van der Waals surface area contributed by atoms with Crippen LogP contribution in [0.2, 0.25) is 0 Å². The van der Waals surface area contributed by atoms with Crippen LogP contribution in [-0.2, 0) is 16.0 Å². The molecule has 0 saturated carbocycles. The van der Waals surface area contributed by atoms with E-state index < -0.39 is 30.2 Å². The summed E-state index contributed by atoms with van der Waals surface area (Å²) in [5, 5.41) is 9.54. The van der Waals surface area contributed by atoms with Gasteiger partial charge in [0.05, 0.1) is 32.8 Å². The smallest absolute Gasteiger partial charge is 0.416 e. The lowest BCUT2D eigenvalue weighted by Gasteiger charge is -2.26. The van der Waals surface area contributed by atoms with Crippen LogP contribution in [0.15, 0.2) is 41.5 Å². The maximum atomic E-state index is 12.9. The molecule has 1 N–H and O–H groups in total. The predicted octanol–water partition coefficient (Wildman–Crippen LogP) is 3.31. The first-order chi connectivity index (χ1) is 11.8. The highest BCUT2D eigenvalue weighted by molar-refractivity contribution is 5.72. The Bertz CT molecular complexity index is 705. The molecule has 1 aliphatic carbocycles. The molecule has 7 heteroatoms. The van der Waals surface area contributed by atoms with Gasteiger partial charge in [-0.25, -0.2) is 0 Å². The number of aliphatic hydroxyl groups is 1. The highest BCUT2D eigenvalue weighted by Crippen LogP contribution is 2.41. The molecule has 2 rings (SSSR count). The third-order valence-corrected chi connectivity index (χ3v) is 4.12. The second kappa shape index (κ2) is 7.74. The maximum Gasteiger partial charge on any atom is 0.416 e. The van der Waals surface area contributed by atoms with E-state index in [0.717, 1.165) is 12.2 Å². The van der Waals surface area contributed by atoms with Gasteiger partial charge in [0, 0.05) is 11.5 Å². The molecule has 0 aromatic heterocycles. The van der Waals surface area contributed by atoms with E-state index in [0.29, 0.717) is 16.9 Å². The van der Waals surface area contributed by atoms with Crippen molar-refractivity contribution >= 4 is 5.97 Å². The Labute approximate surface area is 143 Å². The Morgan fingerprint density at radius 2 is 2.04 bits per heavy atom. The molecule has 0 saturated heterocycles. The van der Waals surface area contributed by atoms with Gasteiger partial charge >= 0.3 is 12.1 Å². The second-order valence-electron chi connectivity index (χ2n) is 5.65. The molecule has 0 heterocycles. The SMILES string of the molecule is COC(=O)Cc1ccc(OC)c(C2CC=C(C(F)(F)F)C=C2CO)c1. The number of aliphatic hydroxyl groups excluding tert-OH is 1. The van der Waals surface area contributed by atoms with Crippen molar-refractivity contribution in [2.45, 2.75) is 24.9 Å². The minimum atomic E-state index is -4.46. The number of allylic oxidation sites excluding steroid dienone is 3. The third-order valence-electron chi connectivity index (χ3n) is 4.12. The molecule has 136 valence electrons. The van der Waals surface area contributed by atoms with E-state index in [4.69, 9.17) is 4.74 Å². The number of benzene rings is 1. The maximum absolute atomic E-state index is 12.9. The third kappa shape index (κ3) is 4.42. The summed E-state index contributed by atoms with van der Waals surface area (Å²) in [4.78, 5) is 11.5. The number of hydrogen-bond donors (Lipinski definition) is 1. The van der Waals surface area contributed by atoms with Crippen LogP contribution in [0.25, 0.3) is 0 Å². The summed E-state index contributed by atoms with van der Waals surface area (Å²) in [7, 11) is 2.74.